The number of carbonyl (C=O) groups excluding carboxylic acids is 1. The second kappa shape index (κ2) is 5.47. The van der Waals surface area contributed by atoms with Gasteiger partial charge in [-0.2, -0.15) is 0 Å². The summed E-state index contributed by atoms with van der Waals surface area (Å²) in [6.07, 6.45) is 2.95. The summed E-state index contributed by atoms with van der Waals surface area (Å²) < 4.78 is 0. The molecule has 1 fully saturated rings. The van der Waals surface area contributed by atoms with E-state index in [1.807, 2.05) is 25.9 Å². The lowest BCUT2D eigenvalue weighted by Gasteiger charge is -2.29. The molecule has 15 heavy (non-hydrogen) atoms. The van der Waals surface area contributed by atoms with Crippen LogP contribution in [-0.2, 0) is 4.79 Å². The van der Waals surface area contributed by atoms with Crippen LogP contribution in [0.25, 0.3) is 0 Å². The average molecular weight is 213 g/mol. The zero-order chi connectivity index (χ0) is 11.4. The molecule has 0 bridgehead atoms. The van der Waals surface area contributed by atoms with Crippen LogP contribution >= 0.6 is 0 Å². The van der Waals surface area contributed by atoms with E-state index in [4.69, 9.17) is 5.73 Å². The van der Waals surface area contributed by atoms with Crippen molar-refractivity contribution >= 4 is 5.91 Å². The molecule has 1 heterocycles. The van der Waals surface area contributed by atoms with Crippen LogP contribution in [0.4, 0.5) is 0 Å². The molecule has 1 aliphatic rings. The molecule has 0 spiro atoms. The number of nitrogens with two attached hydrogens (primary N) is 1. The summed E-state index contributed by atoms with van der Waals surface area (Å²) in [6.45, 7) is 3.78. The maximum Gasteiger partial charge on any atom is 0.239 e. The summed E-state index contributed by atoms with van der Waals surface area (Å²) in [5, 5.41) is 0. The van der Waals surface area contributed by atoms with Crippen LogP contribution in [0.1, 0.15) is 26.2 Å². The van der Waals surface area contributed by atoms with Crippen molar-refractivity contribution in [1.29, 1.82) is 0 Å². The maximum atomic E-state index is 12.0. The van der Waals surface area contributed by atoms with Gasteiger partial charge in [0.2, 0.25) is 5.91 Å². The smallest absolute Gasteiger partial charge is 0.239 e. The first-order valence-corrected chi connectivity index (χ1v) is 5.77. The second-order valence-electron chi connectivity index (χ2n) is 4.60. The van der Waals surface area contributed by atoms with E-state index < -0.39 is 0 Å². The molecular weight excluding hydrogens is 190 g/mol. The Morgan fingerprint density at radius 2 is 2.27 bits per heavy atom. The lowest BCUT2D eigenvalue weighted by atomic mass is 10.1. The second-order valence-corrected chi connectivity index (χ2v) is 4.60. The van der Waals surface area contributed by atoms with Gasteiger partial charge in [-0.15, -0.1) is 0 Å². The van der Waals surface area contributed by atoms with Crippen molar-refractivity contribution in [3.8, 4) is 0 Å². The SMILES string of the molecule is CCC(N)C(=O)N1CCCC1CN(C)C. The topological polar surface area (TPSA) is 49.6 Å². The molecule has 0 aromatic heterocycles. The van der Waals surface area contributed by atoms with Crippen LogP contribution in [0.2, 0.25) is 0 Å². The number of carbonyl (C=O) groups is 1. The Morgan fingerprint density at radius 3 is 2.80 bits per heavy atom. The van der Waals surface area contributed by atoms with Crippen LogP contribution in [0.5, 0.6) is 0 Å². The number of hydrogen-bond acceptors (Lipinski definition) is 3. The predicted molar refractivity (Wildman–Crippen MR) is 61.6 cm³/mol. The van der Waals surface area contributed by atoms with E-state index in [1.165, 1.54) is 0 Å². The summed E-state index contributed by atoms with van der Waals surface area (Å²) in [7, 11) is 4.08. The Labute approximate surface area is 92.4 Å². The third-order valence-corrected chi connectivity index (χ3v) is 2.99. The molecule has 4 nitrogen and oxygen atoms in total. The van der Waals surface area contributed by atoms with E-state index in [-0.39, 0.29) is 11.9 Å². The molecule has 2 unspecified atom stereocenters. The number of likely N-dealkylation sites (tertiary alicyclic amines) is 1. The van der Waals surface area contributed by atoms with E-state index >= 15 is 0 Å². The number of amides is 1. The van der Waals surface area contributed by atoms with Crippen molar-refractivity contribution in [2.24, 2.45) is 5.73 Å². The quantitative estimate of drug-likeness (QED) is 0.729. The van der Waals surface area contributed by atoms with Crippen molar-refractivity contribution in [3.05, 3.63) is 0 Å². The number of rotatable bonds is 4. The number of hydrogen-bond donors (Lipinski definition) is 1. The minimum absolute atomic E-state index is 0.127. The summed E-state index contributed by atoms with van der Waals surface area (Å²) in [5.74, 6) is 0.127. The van der Waals surface area contributed by atoms with Crippen molar-refractivity contribution in [2.45, 2.75) is 38.3 Å². The van der Waals surface area contributed by atoms with Gasteiger partial charge in [0.15, 0.2) is 0 Å². The van der Waals surface area contributed by atoms with Crippen molar-refractivity contribution in [1.82, 2.24) is 9.80 Å². The monoisotopic (exact) mass is 213 g/mol. The van der Waals surface area contributed by atoms with Gasteiger partial charge >= 0.3 is 0 Å². The summed E-state index contributed by atoms with van der Waals surface area (Å²) in [4.78, 5) is 16.0. The Balaban J connectivity index is 2.55. The highest BCUT2D eigenvalue weighted by atomic mass is 16.2. The van der Waals surface area contributed by atoms with Gasteiger partial charge < -0.3 is 15.5 Å². The lowest BCUT2D eigenvalue weighted by Crippen LogP contribution is -2.48. The van der Waals surface area contributed by atoms with Crippen molar-refractivity contribution in [3.63, 3.8) is 0 Å². The zero-order valence-electron chi connectivity index (χ0n) is 10.1. The summed E-state index contributed by atoms with van der Waals surface area (Å²) >= 11 is 0. The van der Waals surface area contributed by atoms with Gasteiger partial charge in [-0.3, -0.25) is 4.79 Å². The van der Waals surface area contributed by atoms with Crippen LogP contribution in [-0.4, -0.2) is 55.0 Å². The van der Waals surface area contributed by atoms with Crippen LogP contribution in [0, 0.1) is 0 Å². The third kappa shape index (κ3) is 3.18. The van der Waals surface area contributed by atoms with Gasteiger partial charge in [-0.05, 0) is 33.4 Å². The van der Waals surface area contributed by atoms with Crippen LogP contribution in [0.3, 0.4) is 0 Å². The zero-order valence-corrected chi connectivity index (χ0v) is 10.1. The number of likely N-dealkylation sites (N-methyl/N-ethyl adjacent to an activating group) is 1. The number of nitrogens with zero attached hydrogens (tertiary/aromatic N) is 2. The lowest BCUT2D eigenvalue weighted by molar-refractivity contribution is -0.133. The summed E-state index contributed by atoms with van der Waals surface area (Å²) in [6, 6.07) is 0.0536. The largest absolute Gasteiger partial charge is 0.337 e. The van der Waals surface area contributed by atoms with Crippen molar-refractivity contribution < 1.29 is 4.79 Å². The van der Waals surface area contributed by atoms with E-state index in [9.17, 15) is 4.79 Å². The molecule has 1 aliphatic heterocycles. The van der Waals surface area contributed by atoms with E-state index in [1.54, 1.807) is 0 Å². The highest BCUT2D eigenvalue weighted by Gasteiger charge is 2.30. The Kier molecular flexibility index (Phi) is 4.54. The van der Waals surface area contributed by atoms with Crippen LogP contribution < -0.4 is 5.73 Å². The highest BCUT2D eigenvalue weighted by molar-refractivity contribution is 5.82. The van der Waals surface area contributed by atoms with Gasteiger partial charge in [-0.1, -0.05) is 6.92 Å². The molecule has 0 aromatic carbocycles. The van der Waals surface area contributed by atoms with Gasteiger partial charge in [0.25, 0.3) is 0 Å². The fourth-order valence-electron chi connectivity index (χ4n) is 2.12. The molecule has 88 valence electrons. The van der Waals surface area contributed by atoms with Gasteiger partial charge in [0.1, 0.15) is 0 Å². The first kappa shape index (κ1) is 12.5. The molecule has 0 radical (unpaired) electrons. The first-order valence-electron chi connectivity index (χ1n) is 5.77. The standard InChI is InChI=1S/C11H23N3O/c1-4-10(12)11(15)14-7-5-6-9(14)8-13(2)3/h9-10H,4-8,12H2,1-3H3. The molecule has 2 atom stereocenters. The minimum atomic E-state index is -0.312. The molecule has 0 aromatic rings. The van der Waals surface area contributed by atoms with E-state index in [2.05, 4.69) is 4.90 Å². The normalized spacial score (nSPS) is 23.5. The van der Waals surface area contributed by atoms with Gasteiger partial charge in [0.05, 0.1) is 6.04 Å². The Morgan fingerprint density at radius 1 is 1.60 bits per heavy atom. The van der Waals surface area contributed by atoms with Crippen LogP contribution in [0.15, 0.2) is 0 Å². The first-order chi connectivity index (χ1) is 7.06. The Hall–Kier alpha value is -0.610. The molecular formula is C11H23N3O. The fourth-order valence-corrected chi connectivity index (χ4v) is 2.12. The molecule has 4 heteroatoms. The highest BCUT2D eigenvalue weighted by Crippen LogP contribution is 2.18. The molecule has 1 saturated heterocycles. The Bertz CT molecular complexity index is 218. The van der Waals surface area contributed by atoms with E-state index in [0.29, 0.717) is 6.04 Å². The third-order valence-electron chi connectivity index (χ3n) is 2.99. The van der Waals surface area contributed by atoms with Gasteiger partial charge in [0, 0.05) is 19.1 Å². The molecule has 0 saturated carbocycles. The maximum absolute atomic E-state index is 12.0. The van der Waals surface area contributed by atoms with Crippen molar-refractivity contribution in [2.75, 3.05) is 27.2 Å². The van der Waals surface area contributed by atoms with Gasteiger partial charge in [-0.25, -0.2) is 0 Å². The minimum Gasteiger partial charge on any atom is -0.337 e. The molecule has 1 rings (SSSR count). The van der Waals surface area contributed by atoms with E-state index in [0.717, 1.165) is 32.4 Å². The molecule has 2 N–H and O–H groups in total. The molecule has 1 amide bonds. The predicted octanol–water partition coefficient (Wildman–Crippen LogP) is 0.276. The molecule has 0 aliphatic carbocycles. The summed E-state index contributed by atoms with van der Waals surface area (Å²) in [5.41, 5.74) is 5.78. The average Bonchev–Trinajstić information content (AvgIpc) is 2.62. The fraction of sp³-hybridized carbons (Fsp3) is 0.909.